The van der Waals surface area contributed by atoms with E-state index >= 15 is 0 Å². The van der Waals surface area contributed by atoms with Gasteiger partial charge in [-0.3, -0.25) is 14.9 Å². The van der Waals surface area contributed by atoms with Gasteiger partial charge in [-0.05, 0) is 54.1 Å². The van der Waals surface area contributed by atoms with Crippen molar-refractivity contribution in [3.8, 4) is 28.5 Å². The summed E-state index contributed by atoms with van der Waals surface area (Å²) in [6, 6.07) is 14.9. The van der Waals surface area contributed by atoms with E-state index in [2.05, 4.69) is 19.9 Å². The van der Waals surface area contributed by atoms with Crippen LogP contribution in [0.4, 0.5) is 22.0 Å². The number of fused-ring (bicyclic) bond motifs is 2. The van der Waals surface area contributed by atoms with E-state index in [4.69, 9.17) is 9.15 Å². The molecule has 6 rings (SSSR count). The Morgan fingerprint density at radius 1 is 0.929 bits per heavy atom. The topological polar surface area (TPSA) is 113 Å². The number of nitrogens with one attached hydrogen (secondary N) is 2. The molecular weight excluding hydrogens is 567 g/mol. The number of benzene rings is 3. The summed E-state index contributed by atoms with van der Waals surface area (Å²) in [5, 5.41) is 6.95. The third kappa shape index (κ3) is 5.18. The lowest BCUT2D eigenvalue weighted by Gasteiger charge is -2.28. The summed E-state index contributed by atoms with van der Waals surface area (Å²) in [4.78, 5) is 28.8. The van der Waals surface area contributed by atoms with Crippen molar-refractivity contribution < 1.29 is 40.6 Å². The standard InChI is InChI=1S/C28H19F5N4O5/c1-27(29,30)13-37-23(14-5-7-15(8-6-14)40-16-9-11-17(12-10-16)42-28(31,32)33)20-21(35-36-22(20)25(37)38)18-3-2-4-19-24(18)41-26(39)34-19/h2-12,23H,13H2,1H3,(H,34,39)(H,35,36). The molecule has 2 N–H and O–H groups in total. The molecule has 0 saturated carbocycles. The van der Waals surface area contributed by atoms with Crippen molar-refractivity contribution in [2.75, 3.05) is 6.54 Å². The number of amides is 1. The maximum Gasteiger partial charge on any atom is 0.573 e. The SMILES string of the molecule is CC(F)(F)CN1C(=O)c2[nH]nc(-c3cccc4[nH]c(=O)oc34)c2C1c1ccc(Oc2ccc(OC(F)(F)F)cc2)cc1. The second kappa shape index (κ2) is 9.75. The van der Waals surface area contributed by atoms with E-state index < -0.39 is 42.3 Å². The number of hydrogen-bond donors (Lipinski definition) is 2. The zero-order chi connectivity index (χ0) is 29.8. The third-order valence-corrected chi connectivity index (χ3v) is 6.50. The van der Waals surface area contributed by atoms with Crippen LogP contribution in [-0.4, -0.2) is 44.8 Å². The number of aromatic amines is 2. The molecule has 3 heterocycles. The average Bonchev–Trinajstić information content (AvgIpc) is 3.57. The van der Waals surface area contributed by atoms with Gasteiger partial charge in [-0.1, -0.05) is 18.2 Å². The Labute approximate surface area is 232 Å². The van der Waals surface area contributed by atoms with Crippen LogP contribution in [0.3, 0.4) is 0 Å². The van der Waals surface area contributed by atoms with Gasteiger partial charge < -0.3 is 18.8 Å². The number of halogens is 5. The fourth-order valence-corrected chi connectivity index (χ4v) is 4.93. The molecule has 9 nitrogen and oxygen atoms in total. The van der Waals surface area contributed by atoms with E-state index in [9.17, 15) is 31.5 Å². The smallest absolute Gasteiger partial charge is 0.457 e. The van der Waals surface area contributed by atoms with Gasteiger partial charge in [-0.15, -0.1) is 13.2 Å². The summed E-state index contributed by atoms with van der Waals surface area (Å²) in [5.41, 5.74) is 2.02. The quantitative estimate of drug-likeness (QED) is 0.213. The van der Waals surface area contributed by atoms with Crippen LogP contribution in [0, 0.1) is 0 Å². The predicted octanol–water partition coefficient (Wildman–Crippen LogP) is 6.40. The molecule has 0 bridgehead atoms. The van der Waals surface area contributed by atoms with Crippen LogP contribution >= 0.6 is 0 Å². The monoisotopic (exact) mass is 586 g/mol. The first-order valence-corrected chi connectivity index (χ1v) is 12.4. The number of oxazole rings is 1. The van der Waals surface area contributed by atoms with Gasteiger partial charge in [0, 0.05) is 18.1 Å². The van der Waals surface area contributed by atoms with Crippen molar-refractivity contribution in [3.63, 3.8) is 0 Å². The first-order chi connectivity index (χ1) is 19.9. The van der Waals surface area contributed by atoms with E-state index in [1.807, 2.05) is 0 Å². The lowest BCUT2D eigenvalue weighted by Crippen LogP contribution is -2.38. The van der Waals surface area contributed by atoms with Crippen LogP contribution in [-0.2, 0) is 0 Å². The average molecular weight is 586 g/mol. The van der Waals surface area contributed by atoms with E-state index in [-0.39, 0.29) is 22.7 Å². The van der Waals surface area contributed by atoms with Crippen LogP contribution in [0.15, 0.2) is 75.9 Å². The summed E-state index contributed by atoms with van der Waals surface area (Å²) >= 11 is 0. The normalized spacial score (nSPS) is 15.3. The Balaban J connectivity index is 1.36. The fourth-order valence-electron chi connectivity index (χ4n) is 4.93. The summed E-state index contributed by atoms with van der Waals surface area (Å²) < 4.78 is 80.6. The minimum Gasteiger partial charge on any atom is -0.457 e. The lowest BCUT2D eigenvalue weighted by molar-refractivity contribution is -0.274. The number of alkyl halides is 5. The highest BCUT2D eigenvalue weighted by Gasteiger charge is 2.45. The highest BCUT2D eigenvalue weighted by molar-refractivity contribution is 6.02. The molecule has 3 aromatic carbocycles. The minimum absolute atomic E-state index is 0.0237. The van der Waals surface area contributed by atoms with Gasteiger partial charge in [-0.25, -0.2) is 13.6 Å². The van der Waals surface area contributed by atoms with Gasteiger partial charge in [0.1, 0.15) is 28.6 Å². The largest absolute Gasteiger partial charge is 0.573 e. The van der Waals surface area contributed by atoms with Gasteiger partial charge in [-0.2, -0.15) is 5.10 Å². The zero-order valence-electron chi connectivity index (χ0n) is 21.5. The number of H-pyrrole nitrogens is 2. The Bertz CT molecular complexity index is 1840. The van der Waals surface area contributed by atoms with Crippen LogP contribution in [0.25, 0.3) is 22.4 Å². The minimum atomic E-state index is -4.83. The molecule has 2 aromatic heterocycles. The van der Waals surface area contributed by atoms with Gasteiger partial charge in [0.05, 0.1) is 18.1 Å². The van der Waals surface area contributed by atoms with Crippen molar-refractivity contribution in [2.45, 2.75) is 25.3 Å². The molecule has 0 radical (unpaired) electrons. The molecular formula is C28H19F5N4O5. The highest BCUT2D eigenvalue weighted by Crippen LogP contribution is 2.45. The number of ether oxygens (including phenoxy) is 2. The molecule has 1 amide bonds. The van der Waals surface area contributed by atoms with Gasteiger partial charge in [0.15, 0.2) is 5.58 Å². The number of para-hydroxylation sites is 1. The number of carbonyl (C=O) groups is 1. The molecule has 14 heteroatoms. The molecule has 1 aliphatic heterocycles. The maximum atomic E-state index is 14.3. The van der Waals surface area contributed by atoms with Crippen LogP contribution in [0.1, 0.15) is 34.6 Å². The van der Waals surface area contributed by atoms with Crippen LogP contribution in [0.5, 0.6) is 17.2 Å². The molecule has 1 aliphatic rings. The van der Waals surface area contributed by atoms with Crippen LogP contribution in [0.2, 0.25) is 0 Å². The van der Waals surface area contributed by atoms with Crippen molar-refractivity contribution in [1.29, 1.82) is 0 Å². The van der Waals surface area contributed by atoms with Gasteiger partial charge >= 0.3 is 12.1 Å². The first kappa shape index (κ1) is 27.1. The molecule has 216 valence electrons. The second-order valence-corrected chi connectivity index (χ2v) is 9.65. The Morgan fingerprint density at radius 2 is 1.57 bits per heavy atom. The summed E-state index contributed by atoms with van der Waals surface area (Å²) in [5.74, 6) is -4.48. The van der Waals surface area contributed by atoms with E-state index in [1.165, 1.54) is 24.3 Å². The predicted molar refractivity (Wildman–Crippen MR) is 138 cm³/mol. The number of aromatic nitrogens is 3. The van der Waals surface area contributed by atoms with E-state index in [0.29, 0.717) is 34.9 Å². The number of carbonyl (C=O) groups excluding carboxylic acids is 1. The van der Waals surface area contributed by atoms with Gasteiger partial charge in [0.2, 0.25) is 0 Å². The molecule has 5 aromatic rings. The molecule has 42 heavy (non-hydrogen) atoms. The summed E-state index contributed by atoms with van der Waals surface area (Å²) in [6.45, 7) is -0.174. The highest BCUT2D eigenvalue weighted by atomic mass is 19.4. The fraction of sp³-hybridized carbons (Fsp3) is 0.179. The van der Waals surface area contributed by atoms with Crippen molar-refractivity contribution >= 4 is 17.0 Å². The number of nitrogens with zero attached hydrogens (tertiary/aromatic N) is 2. The molecule has 1 atom stereocenters. The Kier molecular flexibility index (Phi) is 6.28. The van der Waals surface area contributed by atoms with Gasteiger partial charge in [0.25, 0.3) is 11.8 Å². The van der Waals surface area contributed by atoms with Crippen molar-refractivity contribution in [1.82, 2.24) is 20.1 Å². The Hall–Kier alpha value is -5.14. The number of rotatable bonds is 7. The maximum absolute atomic E-state index is 14.3. The van der Waals surface area contributed by atoms with Crippen LogP contribution < -0.4 is 15.2 Å². The third-order valence-electron chi connectivity index (χ3n) is 6.50. The molecule has 1 unspecified atom stereocenters. The number of hydrogen-bond acceptors (Lipinski definition) is 6. The molecule has 0 aliphatic carbocycles. The summed E-state index contributed by atoms with van der Waals surface area (Å²) in [6.07, 6.45) is -4.83. The second-order valence-electron chi connectivity index (χ2n) is 9.65. The molecule has 0 spiro atoms. The lowest BCUT2D eigenvalue weighted by atomic mass is 9.95. The molecule has 0 fully saturated rings. The first-order valence-electron chi connectivity index (χ1n) is 12.4. The van der Waals surface area contributed by atoms with E-state index in [0.717, 1.165) is 17.0 Å². The summed E-state index contributed by atoms with van der Waals surface area (Å²) in [7, 11) is 0. The van der Waals surface area contributed by atoms with Crippen molar-refractivity contribution in [3.05, 3.63) is 94.1 Å². The molecule has 0 saturated heterocycles. The zero-order valence-corrected chi connectivity index (χ0v) is 21.5. The Morgan fingerprint density at radius 3 is 2.21 bits per heavy atom. The van der Waals surface area contributed by atoms with Crippen molar-refractivity contribution in [2.24, 2.45) is 0 Å². The van der Waals surface area contributed by atoms with E-state index in [1.54, 1.807) is 30.3 Å².